The van der Waals surface area contributed by atoms with Crippen LogP contribution in [0.1, 0.15) is 18.3 Å². The minimum atomic E-state index is 0.902. The summed E-state index contributed by atoms with van der Waals surface area (Å²) in [5, 5.41) is 10.6. The fourth-order valence-corrected chi connectivity index (χ4v) is 1.15. The van der Waals surface area contributed by atoms with Gasteiger partial charge in [0.05, 0.1) is 5.69 Å². The maximum atomic E-state index is 4.04. The van der Waals surface area contributed by atoms with Gasteiger partial charge in [0, 0.05) is 6.42 Å². The van der Waals surface area contributed by atoms with Gasteiger partial charge < -0.3 is 0 Å². The molecule has 0 saturated carbocycles. The number of hydrogen-bond acceptors (Lipinski definition) is 2. The Morgan fingerprint density at radius 1 is 1.45 bits per heavy atom. The quantitative estimate of drug-likeness (QED) is 0.601. The van der Waals surface area contributed by atoms with Crippen LogP contribution in [0.4, 0.5) is 0 Å². The average molecular weight is 147 g/mol. The first-order chi connectivity index (χ1) is 5.36. The van der Waals surface area contributed by atoms with E-state index in [2.05, 4.69) is 28.4 Å². The zero-order valence-corrected chi connectivity index (χ0v) is 6.33. The Labute approximate surface area is 64.8 Å². The van der Waals surface area contributed by atoms with E-state index in [4.69, 9.17) is 0 Å². The first kappa shape index (κ1) is 6.34. The Bertz CT molecular complexity index is 320. The highest BCUT2D eigenvalue weighted by Crippen LogP contribution is 2.13. The van der Waals surface area contributed by atoms with Gasteiger partial charge in [0.25, 0.3) is 0 Å². The van der Waals surface area contributed by atoms with Crippen molar-refractivity contribution in [1.82, 2.24) is 15.4 Å². The standard InChI is InChI=1S/C8H9N3/c1-6-3-2-4-7-8(5-6)10-11-9-7/h2-4H,5H2,1H3,(H,9,10,11). The SMILES string of the molecule is CC1=CC=Cc2n[nH]nc2C1. The molecule has 0 spiro atoms. The summed E-state index contributed by atoms with van der Waals surface area (Å²) in [6.45, 7) is 2.09. The molecule has 1 aliphatic rings. The highest BCUT2D eigenvalue weighted by atomic mass is 15.3. The lowest BCUT2D eigenvalue weighted by molar-refractivity contribution is 0.911. The Kier molecular flexibility index (Phi) is 1.35. The van der Waals surface area contributed by atoms with Gasteiger partial charge in [-0.05, 0) is 13.0 Å². The predicted molar refractivity (Wildman–Crippen MR) is 42.9 cm³/mol. The van der Waals surface area contributed by atoms with Crippen LogP contribution in [-0.4, -0.2) is 15.4 Å². The molecule has 3 heteroatoms. The van der Waals surface area contributed by atoms with E-state index in [0.29, 0.717) is 0 Å². The van der Waals surface area contributed by atoms with E-state index in [9.17, 15) is 0 Å². The largest absolute Gasteiger partial charge is 0.197 e. The number of allylic oxidation sites excluding steroid dienone is 3. The van der Waals surface area contributed by atoms with Crippen LogP contribution in [0.5, 0.6) is 0 Å². The minimum Gasteiger partial charge on any atom is -0.197 e. The fourth-order valence-electron chi connectivity index (χ4n) is 1.15. The molecule has 11 heavy (non-hydrogen) atoms. The molecular weight excluding hydrogens is 138 g/mol. The maximum Gasteiger partial charge on any atom is 0.109 e. The number of rotatable bonds is 0. The molecule has 1 N–H and O–H groups in total. The third-order valence-electron chi connectivity index (χ3n) is 1.73. The second-order valence-electron chi connectivity index (χ2n) is 2.70. The second kappa shape index (κ2) is 2.34. The van der Waals surface area contributed by atoms with Gasteiger partial charge in [-0.1, -0.05) is 17.7 Å². The number of aromatic nitrogens is 3. The molecule has 2 rings (SSSR count). The molecule has 1 heterocycles. The first-order valence-electron chi connectivity index (χ1n) is 3.60. The molecule has 0 saturated heterocycles. The number of hydrogen-bond donors (Lipinski definition) is 1. The highest BCUT2D eigenvalue weighted by Gasteiger charge is 2.06. The molecule has 56 valence electrons. The molecule has 0 radical (unpaired) electrons. The number of H-pyrrole nitrogens is 1. The smallest absolute Gasteiger partial charge is 0.109 e. The van der Waals surface area contributed by atoms with E-state index in [1.807, 2.05) is 12.2 Å². The summed E-state index contributed by atoms with van der Waals surface area (Å²) < 4.78 is 0. The lowest BCUT2D eigenvalue weighted by Crippen LogP contribution is -1.87. The number of nitrogens with zero attached hydrogens (tertiary/aromatic N) is 2. The molecule has 3 nitrogen and oxygen atoms in total. The molecule has 1 aromatic heterocycles. The van der Waals surface area contributed by atoms with E-state index < -0.39 is 0 Å². The monoisotopic (exact) mass is 147 g/mol. The molecule has 1 aromatic rings. The van der Waals surface area contributed by atoms with Crippen LogP contribution in [0.25, 0.3) is 6.08 Å². The molecule has 0 aliphatic heterocycles. The number of nitrogens with one attached hydrogen (secondary N) is 1. The summed E-state index contributed by atoms with van der Waals surface area (Å²) in [6.07, 6.45) is 6.96. The number of aromatic amines is 1. The Hall–Kier alpha value is -1.38. The fraction of sp³-hybridized carbons (Fsp3) is 0.250. The van der Waals surface area contributed by atoms with Crippen molar-refractivity contribution in [2.24, 2.45) is 0 Å². The summed E-state index contributed by atoms with van der Waals surface area (Å²) in [4.78, 5) is 0. The third-order valence-corrected chi connectivity index (χ3v) is 1.73. The van der Waals surface area contributed by atoms with Crippen LogP contribution < -0.4 is 0 Å². The van der Waals surface area contributed by atoms with Crippen molar-refractivity contribution in [3.63, 3.8) is 0 Å². The van der Waals surface area contributed by atoms with Gasteiger partial charge in [-0.2, -0.15) is 15.4 Å². The van der Waals surface area contributed by atoms with Crippen molar-refractivity contribution in [2.45, 2.75) is 13.3 Å². The third kappa shape index (κ3) is 1.09. The predicted octanol–water partition coefficient (Wildman–Crippen LogP) is 1.32. The minimum absolute atomic E-state index is 0.902. The van der Waals surface area contributed by atoms with Crippen molar-refractivity contribution in [3.05, 3.63) is 29.1 Å². The topological polar surface area (TPSA) is 41.6 Å². The van der Waals surface area contributed by atoms with Gasteiger partial charge in [-0.25, -0.2) is 0 Å². The molecule has 0 amide bonds. The highest BCUT2D eigenvalue weighted by molar-refractivity contribution is 5.51. The van der Waals surface area contributed by atoms with Crippen LogP contribution in [0.15, 0.2) is 17.7 Å². The summed E-state index contributed by atoms with van der Waals surface area (Å²) in [7, 11) is 0. The molecule has 1 aliphatic carbocycles. The molecule has 0 fully saturated rings. The van der Waals surface area contributed by atoms with Gasteiger partial charge >= 0.3 is 0 Å². The van der Waals surface area contributed by atoms with Crippen LogP contribution >= 0.6 is 0 Å². The van der Waals surface area contributed by atoms with Gasteiger partial charge in [-0.3, -0.25) is 0 Å². The van der Waals surface area contributed by atoms with E-state index in [0.717, 1.165) is 17.8 Å². The van der Waals surface area contributed by atoms with E-state index in [1.54, 1.807) is 0 Å². The maximum absolute atomic E-state index is 4.04. The van der Waals surface area contributed by atoms with Crippen LogP contribution in [0.2, 0.25) is 0 Å². The Morgan fingerprint density at radius 3 is 3.27 bits per heavy atom. The Balaban J connectivity index is 2.47. The lowest BCUT2D eigenvalue weighted by atomic mass is 10.1. The molecular formula is C8H9N3. The van der Waals surface area contributed by atoms with Gasteiger partial charge in [-0.15, -0.1) is 0 Å². The average Bonchev–Trinajstić information content (AvgIpc) is 2.31. The zero-order valence-electron chi connectivity index (χ0n) is 6.33. The lowest BCUT2D eigenvalue weighted by Gasteiger charge is -1.92. The Morgan fingerprint density at radius 2 is 2.36 bits per heavy atom. The van der Waals surface area contributed by atoms with Crippen molar-refractivity contribution in [2.75, 3.05) is 0 Å². The summed E-state index contributed by atoms with van der Waals surface area (Å²) in [5.41, 5.74) is 3.31. The summed E-state index contributed by atoms with van der Waals surface area (Å²) >= 11 is 0. The molecule has 0 aromatic carbocycles. The van der Waals surface area contributed by atoms with Crippen molar-refractivity contribution >= 4 is 6.08 Å². The molecule has 0 bridgehead atoms. The first-order valence-corrected chi connectivity index (χ1v) is 3.60. The van der Waals surface area contributed by atoms with Crippen LogP contribution in [0.3, 0.4) is 0 Å². The van der Waals surface area contributed by atoms with Gasteiger partial charge in [0.2, 0.25) is 0 Å². The summed E-state index contributed by atoms with van der Waals surface area (Å²) in [6, 6.07) is 0. The van der Waals surface area contributed by atoms with Crippen LogP contribution in [0, 0.1) is 0 Å². The summed E-state index contributed by atoms with van der Waals surface area (Å²) in [5.74, 6) is 0. The van der Waals surface area contributed by atoms with Gasteiger partial charge in [0.1, 0.15) is 5.69 Å². The molecule has 0 unspecified atom stereocenters. The van der Waals surface area contributed by atoms with Crippen LogP contribution in [-0.2, 0) is 6.42 Å². The second-order valence-corrected chi connectivity index (χ2v) is 2.70. The molecule has 0 atom stereocenters. The van der Waals surface area contributed by atoms with E-state index >= 15 is 0 Å². The number of fused-ring (bicyclic) bond motifs is 1. The zero-order chi connectivity index (χ0) is 7.68. The van der Waals surface area contributed by atoms with Crippen molar-refractivity contribution in [3.8, 4) is 0 Å². The van der Waals surface area contributed by atoms with E-state index in [1.165, 1.54) is 5.57 Å². The van der Waals surface area contributed by atoms with E-state index in [-0.39, 0.29) is 0 Å². The van der Waals surface area contributed by atoms with Crippen molar-refractivity contribution in [1.29, 1.82) is 0 Å². The van der Waals surface area contributed by atoms with Gasteiger partial charge in [0.15, 0.2) is 0 Å². The van der Waals surface area contributed by atoms with Crippen molar-refractivity contribution < 1.29 is 0 Å². The normalized spacial score (nSPS) is 15.5.